The molecule has 0 bridgehead atoms. The zero-order valence-corrected chi connectivity index (χ0v) is 3.94. The lowest BCUT2D eigenvalue weighted by molar-refractivity contribution is 0.950. The van der Waals surface area contributed by atoms with Gasteiger partial charge in [0, 0.05) is 0 Å². The first-order valence-electron chi connectivity index (χ1n) is 1.96. The molecule has 0 aliphatic rings. The first-order chi connectivity index (χ1) is 3.93. The van der Waals surface area contributed by atoms with Crippen molar-refractivity contribution in [1.82, 2.24) is 15.2 Å². The second-order valence-electron chi connectivity index (χ2n) is 1.11. The lowest BCUT2D eigenvalue weighted by atomic mass is 10.5. The molecular formula is C4H2N4. The molecule has 0 saturated heterocycles. The minimum Gasteiger partial charge on any atom is -0.240 e. The van der Waals surface area contributed by atoms with Gasteiger partial charge in [0.15, 0.2) is 5.69 Å². The molecule has 1 aromatic heterocycles. The van der Waals surface area contributed by atoms with Crippen LogP contribution in [-0.4, -0.2) is 15.2 Å². The molecule has 1 aromatic rings. The van der Waals surface area contributed by atoms with Gasteiger partial charge < -0.3 is 0 Å². The molecule has 0 aromatic carbocycles. The molecule has 4 heteroatoms. The summed E-state index contributed by atoms with van der Waals surface area (Å²) >= 11 is 0. The van der Waals surface area contributed by atoms with Gasteiger partial charge in [-0.1, -0.05) is 0 Å². The molecule has 0 N–H and O–H groups in total. The minimum absolute atomic E-state index is 0.243. The van der Waals surface area contributed by atoms with Gasteiger partial charge in [-0.25, -0.2) is 4.98 Å². The van der Waals surface area contributed by atoms with Crippen LogP contribution in [0.2, 0.25) is 0 Å². The SMILES string of the molecule is N#Cc1cncnn1. The maximum absolute atomic E-state index is 8.15. The van der Waals surface area contributed by atoms with Crippen LogP contribution < -0.4 is 0 Å². The highest BCUT2D eigenvalue weighted by Crippen LogP contribution is 1.79. The summed E-state index contributed by atoms with van der Waals surface area (Å²) in [4.78, 5) is 3.56. The third kappa shape index (κ3) is 0.763. The predicted molar refractivity (Wildman–Crippen MR) is 24.5 cm³/mol. The lowest BCUT2D eigenvalue weighted by Crippen LogP contribution is -1.85. The standard InChI is InChI=1S/C4H2N4/c5-1-4-2-6-3-7-8-4/h2-3H. The number of nitriles is 1. The van der Waals surface area contributed by atoms with Crippen LogP contribution in [0.4, 0.5) is 0 Å². The van der Waals surface area contributed by atoms with Crippen molar-refractivity contribution in [1.29, 1.82) is 5.26 Å². The van der Waals surface area contributed by atoms with E-state index in [0.29, 0.717) is 0 Å². The Morgan fingerprint density at radius 2 is 2.50 bits per heavy atom. The van der Waals surface area contributed by atoms with Gasteiger partial charge in [-0.05, 0) is 0 Å². The van der Waals surface area contributed by atoms with Gasteiger partial charge in [0.25, 0.3) is 0 Å². The molecule has 0 aliphatic carbocycles. The van der Waals surface area contributed by atoms with Crippen LogP contribution in [0.1, 0.15) is 5.69 Å². The zero-order chi connectivity index (χ0) is 5.82. The van der Waals surface area contributed by atoms with Gasteiger partial charge in [-0.3, -0.25) is 0 Å². The number of hydrogen-bond acceptors (Lipinski definition) is 4. The third-order valence-electron chi connectivity index (χ3n) is 0.595. The van der Waals surface area contributed by atoms with Crippen molar-refractivity contribution < 1.29 is 0 Å². The van der Waals surface area contributed by atoms with Crippen molar-refractivity contribution in [3.05, 3.63) is 18.2 Å². The molecule has 38 valence electrons. The monoisotopic (exact) mass is 106 g/mol. The first-order valence-corrected chi connectivity index (χ1v) is 1.96. The molecule has 0 aliphatic heterocycles. The van der Waals surface area contributed by atoms with Crippen molar-refractivity contribution in [2.45, 2.75) is 0 Å². The molecule has 0 amide bonds. The van der Waals surface area contributed by atoms with E-state index in [1.807, 2.05) is 0 Å². The Morgan fingerprint density at radius 3 is 2.88 bits per heavy atom. The fourth-order valence-electron chi connectivity index (χ4n) is 0.299. The van der Waals surface area contributed by atoms with Gasteiger partial charge in [0.2, 0.25) is 0 Å². The van der Waals surface area contributed by atoms with E-state index in [1.54, 1.807) is 6.07 Å². The minimum atomic E-state index is 0.243. The Morgan fingerprint density at radius 1 is 1.62 bits per heavy atom. The van der Waals surface area contributed by atoms with E-state index in [2.05, 4.69) is 15.2 Å². The quantitative estimate of drug-likeness (QED) is 0.457. The van der Waals surface area contributed by atoms with E-state index in [0.717, 1.165) is 0 Å². The van der Waals surface area contributed by atoms with Gasteiger partial charge in [0.1, 0.15) is 12.4 Å². The lowest BCUT2D eigenvalue weighted by Gasteiger charge is -1.77. The molecule has 1 rings (SSSR count). The summed E-state index contributed by atoms with van der Waals surface area (Å²) in [6.07, 6.45) is 2.63. The van der Waals surface area contributed by atoms with Crippen molar-refractivity contribution in [2.75, 3.05) is 0 Å². The van der Waals surface area contributed by atoms with Gasteiger partial charge in [-0.2, -0.15) is 5.26 Å². The van der Waals surface area contributed by atoms with Crippen molar-refractivity contribution >= 4 is 0 Å². The summed E-state index contributed by atoms with van der Waals surface area (Å²) in [7, 11) is 0. The Balaban J connectivity index is 3.05. The van der Waals surface area contributed by atoms with E-state index in [4.69, 9.17) is 5.26 Å². The van der Waals surface area contributed by atoms with Crippen LogP contribution in [-0.2, 0) is 0 Å². The largest absolute Gasteiger partial charge is 0.240 e. The maximum atomic E-state index is 8.15. The van der Waals surface area contributed by atoms with Crippen LogP contribution in [0.3, 0.4) is 0 Å². The second kappa shape index (κ2) is 1.98. The highest BCUT2D eigenvalue weighted by Gasteiger charge is 1.84. The Bertz CT molecular complexity index is 199. The van der Waals surface area contributed by atoms with Crippen molar-refractivity contribution in [3.63, 3.8) is 0 Å². The molecule has 0 atom stereocenters. The second-order valence-corrected chi connectivity index (χ2v) is 1.11. The van der Waals surface area contributed by atoms with Gasteiger partial charge >= 0.3 is 0 Å². The normalized spacial score (nSPS) is 7.88. The molecule has 0 radical (unpaired) electrons. The number of rotatable bonds is 0. The summed E-state index contributed by atoms with van der Waals surface area (Å²) < 4.78 is 0. The molecule has 1 heterocycles. The van der Waals surface area contributed by atoms with Crippen LogP contribution in [0.25, 0.3) is 0 Å². The Kier molecular flexibility index (Phi) is 1.15. The summed E-state index contributed by atoms with van der Waals surface area (Å²) in [6.45, 7) is 0. The summed E-state index contributed by atoms with van der Waals surface area (Å²) in [5.74, 6) is 0. The summed E-state index contributed by atoms with van der Waals surface area (Å²) in [5.41, 5.74) is 0.243. The molecular weight excluding hydrogens is 104 g/mol. The Labute approximate surface area is 45.8 Å². The zero-order valence-electron chi connectivity index (χ0n) is 3.94. The van der Waals surface area contributed by atoms with Crippen LogP contribution in [0.15, 0.2) is 12.5 Å². The van der Waals surface area contributed by atoms with Crippen LogP contribution >= 0.6 is 0 Å². The van der Waals surface area contributed by atoms with E-state index in [1.165, 1.54) is 12.5 Å². The van der Waals surface area contributed by atoms with E-state index >= 15 is 0 Å². The van der Waals surface area contributed by atoms with E-state index < -0.39 is 0 Å². The fourth-order valence-corrected chi connectivity index (χ4v) is 0.299. The molecule has 4 nitrogen and oxygen atoms in total. The summed E-state index contributed by atoms with van der Waals surface area (Å²) in [6, 6.07) is 1.79. The van der Waals surface area contributed by atoms with Gasteiger partial charge in [0.05, 0.1) is 6.20 Å². The fraction of sp³-hybridized carbons (Fsp3) is 0. The maximum Gasteiger partial charge on any atom is 0.181 e. The van der Waals surface area contributed by atoms with E-state index in [9.17, 15) is 0 Å². The van der Waals surface area contributed by atoms with Crippen LogP contribution in [0.5, 0.6) is 0 Å². The molecule has 0 saturated carbocycles. The number of hydrogen-bond donors (Lipinski definition) is 0. The average Bonchev–Trinajstić information content (AvgIpc) is 1.90. The molecule has 8 heavy (non-hydrogen) atoms. The van der Waals surface area contributed by atoms with Crippen LogP contribution in [0, 0.1) is 11.3 Å². The highest BCUT2D eigenvalue weighted by atomic mass is 15.1. The average molecular weight is 106 g/mol. The van der Waals surface area contributed by atoms with E-state index in [-0.39, 0.29) is 5.69 Å². The molecule has 0 spiro atoms. The predicted octanol–water partition coefficient (Wildman–Crippen LogP) is -0.257. The van der Waals surface area contributed by atoms with Gasteiger partial charge in [-0.15, -0.1) is 10.2 Å². The smallest absolute Gasteiger partial charge is 0.181 e. The topological polar surface area (TPSA) is 62.5 Å². The van der Waals surface area contributed by atoms with Crippen molar-refractivity contribution in [2.24, 2.45) is 0 Å². The summed E-state index contributed by atoms with van der Waals surface area (Å²) in [5, 5.41) is 14.9. The van der Waals surface area contributed by atoms with Crippen molar-refractivity contribution in [3.8, 4) is 6.07 Å². The molecule has 0 unspecified atom stereocenters. The molecule has 0 fully saturated rings. The number of nitrogens with zero attached hydrogens (tertiary/aromatic N) is 4. The highest BCUT2D eigenvalue weighted by molar-refractivity contribution is 5.11. The third-order valence-corrected chi connectivity index (χ3v) is 0.595. The number of aromatic nitrogens is 3. The first kappa shape index (κ1) is 4.65. The Hall–Kier alpha value is -1.50.